The number of piperazine rings is 1. The number of carboxylic acids is 1. The fourth-order valence-electron chi connectivity index (χ4n) is 2.75. The van der Waals surface area contributed by atoms with Gasteiger partial charge in [0.2, 0.25) is 0 Å². The third kappa shape index (κ3) is 3.09. The summed E-state index contributed by atoms with van der Waals surface area (Å²) in [6.07, 6.45) is 0.137. The van der Waals surface area contributed by atoms with Crippen molar-refractivity contribution in [2.24, 2.45) is 0 Å². The molecule has 0 aliphatic carbocycles. The van der Waals surface area contributed by atoms with Crippen molar-refractivity contribution in [3.63, 3.8) is 0 Å². The molecule has 2 N–H and O–H groups in total. The Labute approximate surface area is 121 Å². The topological polar surface area (TPSA) is 52.6 Å². The van der Waals surface area contributed by atoms with Crippen LogP contribution in [0.4, 0.5) is 5.69 Å². The second-order valence-electron chi connectivity index (χ2n) is 5.52. The number of rotatable bonds is 3. The van der Waals surface area contributed by atoms with E-state index in [2.05, 4.69) is 40.0 Å². The highest BCUT2D eigenvalue weighted by Crippen LogP contribution is 2.35. The average Bonchev–Trinajstić information content (AvgIpc) is 2.29. The molecule has 0 spiro atoms. The number of nitrogens with zero attached hydrogens (tertiary/aromatic N) is 1. The molecular weight excluding hydrogens is 308 g/mol. The minimum atomic E-state index is -0.762. The Kier molecular flexibility index (Phi) is 4.16. The molecule has 1 aliphatic rings. The molecule has 1 atom stereocenters. The quantitative estimate of drug-likeness (QED) is 0.896. The van der Waals surface area contributed by atoms with Gasteiger partial charge in [-0.05, 0) is 41.9 Å². The lowest BCUT2D eigenvalue weighted by atomic mass is 9.93. The Morgan fingerprint density at radius 2 is 2.21 bits per heavy atom. The van der Waals surface area contributed by atoms with E-state index in [0.717, 1.165) is 16.7 Å². The number of para-hydroxylation sites is 1. The summed E-state index contributed by atoms with van der Waals surface area (Å²) in [4.78, 5) is 13.3. The molecule has 2 rings (SSSR count). The van der Waals surface area contributed by atoms with Gasteiger partial charge >= 0.3 is 5.97 Å². The van der Waals surface area contributed by atoms with Crippen molar-refractivity contribution >= 4 is 27.6 Å². The van der Waals surface area contributed by atoms with Crippen LogP contribution in [-0.2, 0) is 4.79 Å². The largest absolute Gasteiger partial charge is 0.481 e. The van der Waals surface area contributed by atoms with Gasteiger partial charge in [-0.15, -0.1) is 0 Å². The number of carboxylic acid groups (broad SMARTS) is 1. The molecule has 0 radical (unpaired) electrons. The van der Waals surface area contributed by atoms with Crippen LogP contribution in [0.3, 0.4) is 0 Å². The number of anilines is 1. The van der Waals surface area contributed by atoms with Crippen LogP contribution in [-0.4, -0.2) is 35.7 Å². The molecule has 0 amide bonds. The van der Waals surface area contributed by atoms with E-state index in [0.29, 0.717) is 6.54 Å². The van der Waals surface area contributed by atoms with Crippen LogP contribution in [0, 0.1) is 0 Å². The van der Waals surface area contributed by atoms with Crippen molar-refractivity contribution < 1.29 is 9.90 Å². The lowest BCUT2D eigenvalue weighted by Crippen LogP contribution is -2.63. The molecule has 1 saturated heterocycles. The molecule has 5 heteroatoms. The maximum atomic E-state index is 11.1. The highest BCUT2D eigenvalue weighted by atomic mass is 79.9. The summed E-state index contributed by atoms with van der Waals surface area (Å²) in [7, 11) is 0. The number of benzene rings is 1. The molecule has 1 aromatic rings. The Hall–Kier alpha value is -1.07. The van der Waals surface area contributed by atoms with Gasteiger partial charge in [-0.1, -0.05) is 12.1 Å². The van der Waals surface area contributed by atoms with Gasteiger partial charge in [0.15, 0.2) is 0 Å². The van der Waals surface area contributed by atoms with Crippen molar-refractivity contribution in [2.45, 2.75) is 31.8 Å². The SMILES string of the molecule is CC1(C)CNCC(CC(=O)O)N1c1ccccc1Br. The minimum absolute atomic E-state index is 0.0417. The second-order valence-corrected chi connectivity index (χ2v) is 6.37. The van der Waals surface area contributed by atoms with E-state index in [-0.39, 0.29) is 18.0 Å². The monoisotopic (exact) mass is 326 g/mol. The minimum Gasteiger partial charge on any atom is -0.481 e. The fourth-order valence-corrected chi connectivity index (χ4v) is 3.23. The van der Waals surface area contributed by atoms with Crippen molar-refractivity contribution in [3.8, 4) is 0 Å². The molecule has 1 heterocycles. The smallest absolute Gasteiger partial charge is 0.305 e. The number of nitrogens with one attached hydrogen (secondary N) is 1. The van der Waals surface area contributed by atoms with E-state index in [1.165, 1.54) is 0 Å². The van der Waals surface area contributed by atoms with Crippen LogP contribution < -0.4 is 10.2 Å². The van der Waals surface area contributed by atoms with Crippen molar-refractivity contribution in [2.75, 3.05) is 18.0 Å². The van der Waals surface area contributed by atoms with E-state index >= 15 is 0 Å². The van der Waals surface area contributed by atoms with E-state index in [1.54, 1.807) is 0 Å². The molecule has 1 aliphatic heterocycles. The lowest BCUT2D eigenvalue weighted by Gasteiger charge is -2.49. The summed E-state index contributed by atoms with van der Waals surface area (Å²) in [5.74, 6) is -0.762. The van der Waals surface area contributed by atoms with Crippen LogP contribution >= 0.6 is 15.9 Å². The molecule has 0 saturated carbocycles. The molecule has 0 aromatic heterocycles. The third-order valence-corrected chi connectivity index (χ3v) is 4.15. The molecule has 4 nitrogen and oxygen atoms in total. The van der Waals surface area contributed by atoms with Gasteiger partial charge in [0.1, 0.15) is 0 Å². The molecule has 104 valence electrons. The molecular formula is C14H19BrN2O2. The first kappa shape index (κ1) is 14.3. The van der Waals surface area contributed by atoms with Gasteiger partial charge in [-0.2, -0.15) is 0 Å². The van der Waals surface area contributed by atoms with Crippen molar-refractivity contribution in [3.05, 3.63) is 28.7 Å². The predicted octanol–water partition coefficient (Wildman–Crippen LogP) is 2.48. The Bertz CT molecular complexity index is 476. The van der Waals surface area contributed by atoms with Gasteiger partial charge in [-0.3, -0.25) is 4.79 Å². The van der Waals surface area contributed by atoms with E-state index in [9.17, 15) is 4.79 Å². The number of hydrogen-bond acceptors (Lipinski definition) is 3. The van der Waals surface area contributed by atoms with Crippen molar-refractivity contribution in [1.82, 2.24) is 5.32 Å². The first-order chi connectivity index (χ1) is 8.92. The molecule has 1 fully saturated rings. The Morgan fingerprint density at radius 1 is 1.53 bits per heavy atom. The molecule has 1 aromatic carbocycles. The first-order valence-electron chi connectivity index (χ1n) is 6.38. The van der Waals surface area contributed by atoms with E-state index in [4.69, 9.17) is 5.11 Å². The van der Waals surface area contributed by atoms with Crippen LogP contribution in [0.15, 0.2) is 28.7 Å². The van der Waals surface area contributed by atoms with Crippen LogP contribution in [0.25, 0.3) is 0 Å². The number of carbonyl (C=O) groups is 1. The summed E-state index contributed by atoms with van der Waals surface area (Å²) in [6, 6.07) is 7.93. The molecule has 0 bridgehead atoms. The summed E-state index contributed by atoms with van der Waals surface area (Å²) in [5, 5.41) is 12.4. The summed E-state index contributed by atoms with van der Waals surface area (Å²) in [5.41, 5.74) is 0.933. The van der Waals surface area contributed by atoms with E-state index < -0.39 is 5.97 Å². The standard InChI is InChI=1S/C14H19BrN2O2/c1-14(2)9-16-8-10(7-13(18)19)17(14)12-6-4-3-5-11(12)15/h3-6,10,16H,7-9H2,1-2H3,(H,18,19). The maximum Gasteiger partial charge on any atom is 0.305 e. The highest BCUT2D eigenvalue weighted by molar-refractivity contribution is 9.10. The number of hydrogen-bond donors (Lipinski definition) is 2. The van der Waals surface area contributed by atoms with Crippen LogP contribution in [0.1, 0.15) is 20.3 Å². The maximum absolute atomic E-state index is 11.1. The molecule has 1 unspecified atom stereocenters. The van der Waals surface area contributed by atoms with Crippen molar-refractivity contribution in [1.29, 1.82) is 0 Å². The summed E-state index contributed by atoms with van der Waals surface area (Å²) < 4.78 is 1.00. The zero-order valence-corrected chi connectivity index (χ0v) is 12.8. The molecule has 19 heavy (non-hydrogen) atoms. The third-order valence-electron chi connectivity index (χ3n) is 3.48. The lowest BCUT2D eigenvalue weighted by molar-refractivity contribution is -0.137. The highest BCUT2D eigenvalue weighted by Gasteiger charge is 2.37. The van der Waals surface area contributed by atoms with Gasteiger partial charge in [0.05, 0.1) is 18.2 Å². The zero-order chi connectivity index (χ0) is 14.0. The number of halogens is 1. The summed E-state index contributed by atoms with van der Waals surface area (Å²) in [6.45, 7) is 5.79. The summed E-state index contributed by atoms with van der Waals surface area (Å²) >= 11 is 3.57. The predicted molar refractivity (Wildman–Crippen MR) is 79.6 cm³/mol. The van der Waals surface area contributed by atoms with Crippen LogP contribution in [0.5, 0.6) is 0 Å². The van der Waals surface area contributed by atoms with Gasteiger partial charge in [0.25, 0.3) is 0 Å². The number of aliphatic carboxylic acids is 1. The fraction of sp³-hybridized carbons (Fsp3) is 0.500. The van der Waals surface area contributed by atoms with Crippen LogP contribution in [0.2, 0.25) is 0 Å². The van der Waals surface area contributed by atoms with E-state index in [1.807, 2.05) is 24.3 Å². The Balaban J connectivity index is 2.39. The first-order valence-corrected chi connectivity index (χ1v) is 7.17. The van der Waals surface area contributed by atoms with Gasteiger partial charge in [0, 0.05) is 23.1 Å². The van der Waals surface area contributed by atoms with Gasteiger partial charge < -0.3 is 15.3 Å². The Morgan fingerprint density at radius 3 is 2.84 bits per heavy atom. The average molecular weight is 327 g/mol. The normalized spacial score (nSPS) is 22.3. The van der Waals surface area contributed by atoms with Gasteiger partial charge in [-0.25, -0.2) is 0 Å². The zero-order valence-electron chi connectivity index (χ0n) is 11.2. The second kappa shape index (κ2) is 5.51.